The Hall–Kier alpha value is -1.97. The maximum Gasteiger partial charge on any atom is 0.412 e. The Balaban J connectivity index is 2.17. The van der Waals surface area contributed by atoms with E-state index < -0.39 is 11.7 Å². The summed E-state index contributed by atoms with van der Waals surface area (Å²) in [6, 6.07) is 5.72. The highest BCUT2D eigenvalue weighted by molar-refractivity contribution is 5.91. The summed E-state index contributed by atoms with van der Waals surface area (Å²) in [6.45, 7) is 7.54. The van der Waals surface area contributed by atoms with Crippen molar-refractivity contribution in [3.05, 3.63) is 30.0 Å². The van der Waals surface area contributed by atoms with Gasteiger partial charge >= 0.3 is 6.09 Å². The highest BCUT2D eigenvalue weighted by Crippen LogP contribution is 2.22. The van der Waals surface area contributed by atoms with Gasteiger partial charge in [-0.25, -0.2) is 4.79 Å². The average molecular weight is 246 g/mol. The maximum absolute atomic E-state index is 11.6. The van der Waals surface area contributed by atoms with Gasteiger partial charge in [0, 0.05) is 22.8 Å². The lowest BCUT2D eigenvalue weighted by Gasteiger charge is -2.19. The van der Waals surface area contributed by atoms with Gasteiger partial charge in [0.05, 0.1) is 0 Å². The molecule has 0 fully saturated rings. The zero-order valence-corrected chi connectivity index (χ0v) is 11.1. The number of aromatic nitrogens is 1. The largest absolute Gasteiger partial charge is 0.444 e. The molecule has 0 atom stereocenters. The van der Waals surface area contributed by atoms with Crippen molar-refractivity contribution >= 4 is 22.7 Å². The summed E-state index contributed by atoms with van der Waals surface area (Å²) in [5.74, 6) is 0. The molecule has 2 rings (SSSR count). The average Bonchev–Trinajstić information content (AvgIpc) is 2.57. The molecule has 0 saturated heterocycles. The molecule has 0 bridgehead atoms. The fourth-order valence-corrected chi connectivity index (χ4v) is 1.76. The van der Waals surface area contributed by atoms with Gasteiger partial charge in [0.25, 0.3) is 0 Å². The SMILES string of the molecule is Cc1c[nH]c2ccc(NC(=O)OC(C)(C)C)cc12. The third kappa shape index (κ3) is 2.83. The summed E-state index contributed by atoms with van der Waals surface area (Å²) < 4.78 is 5.21. The Bertz CT molecular complexity index is 579. The molecule has 2 N–H and O–H groups in total. The number of rotatable bonds is 1. The van der Waals surface area contributed by atoms with Crippen LogP contribution in [0.2, 0.25) is 0 Å². The van der Waals surface area contributed by atoms with Crippen molar-refractivity contribution in [2.24, 2.45) is 0 Å². The minimum atomic E-state index is -0.488. The van der Waals surface area contributed by atoms with Gasteiger partial charge in [-0.05, 0) is 51.5 Å². The summed E-state index contributed by atoms with van der Waals surface area (Å²) >= 11 is 0. The predicted molar refractivity (Wildman–Crippen MR) is 72.9 cm³/mol. The Labute approximate surface area is 106 Å². The molecule has 18 heavy (non-hydrogen) atoms. The Kier molecular flexibility index (Phi) is 3.03. The molecule has 0 radical (unpaired) electrons. The highest BCUT2D eigenvalue weighted by atomic mass is 16.6. The number of ether oxygens (including phenoxy) is 1. The number of hydrogen-bond acceptors (Lipinski definition) is 2. The van der Waals surface area contributed by atoms with E-state index in [9.17, 15) is 4.79 Å². The zero-order valence-electron chi connectivity index (χ0n) is 11.1. The lowest BCUT2D eigenvalue weighted by Crippen LogP contribution is -2.27. The van der Waals surface area contributed by atoms with E-state index in [1.165, 1.54) is 0 Å². The van der Waals surface area contributed by atoms with Gasteiger partial charge in [-0.15, -0.1) is 0 Å². The molecule has 1 heterocycles. The molecule has 1 aromatic carbocycles. The lowest BCUT2D eigenvalue weighted by atomic mass is 10.2. The van der Waals surface area contributed by atoms with Crippen molar-refractivity contribution < 1.29 is 9.53 Å². The normalized spacial score (nSPS) is 11.6. The Morgan fingerprint density at radius 3 is 2.72 bits per heavy atom. The molecule has 1 aromatic heterocycles. The summed E-state index contributed by atoms with van der Waals surface area (Å²) in [4.78, 5) is 14.8. The number of carbonyl (C=O) groups is 1. The smallest absolute Gasteiger partial charge is 0.412 e. The second kappa shape index (κ2) is 4.37. The molecule has 2 aromatic rings. The van der Waals surface area contributed by atoms with Crippen LogP contribution in [0.15, 0.2) is 24.4 Å². The molecule has 96 valence electrons. The van der Waals surface area contributed by atoms with Gasteiger partial charge in [-0.1, -0.05) is 0 Å². The molecule has 0 spiro atoms. The molecule has 4 nitrogen and oxygen atoms in total. The van der Waals surface area contributed by atoms with Crippen molar-refractivity contribution in [2.45, 2.75) is 33.3 Å². The third-order valence-corrected chi connectivity index (χ3v) is 2.53. The second-order valence-corrected chi connectivity index (χ2v) is 5.36. The number of hydrogen-bond donors (Lipinski definition) is 2. The van der Waals surface area contributed by atoms with E-state index in [-0.39, 0.29) is 0 Å². The first kappa shape index (κ1) is 12.5. The number of nitrogens with one attached hydrogen (secondary N) is 2. The molecule has 0 saturated carbocycles. The van der Waals surface area contributed by atoms with Gasteiger partial charge in [-0.3, -0.25) is 5.32 Å². The van der Waals surface area contributed by atoms with E-state index in [4.69, 9.17) is 4.74 Å². The van der Waals surface area contributed by atoms with Crippen molar-refractivity contribution in [3.63, 3.8) is 0 Å². The van der Waals surface area contributed by atoms with Gasteiger partial charge in [-0.2, -0.15) is 0 Å². The van der Waals surface area contributed by atoms with Gasteiger partial charge in [0.2, 0.25) is 0 Å². The zero-order chi connectivity index (χ0) is 13.3. The van der Waals surface area contributed by atoms with Crippen LogP contribution in [0.4, 0.5) is 10.5 Å². The van der Waals surface area contributed by atoms with E-state index in [1.54, 1.807) is 0 Å². The number of aromatic amines is 1. The molecular weight excluding hydrogens is 228 g/mol. The van der Waals surface area contributed by atoms with Crippen LogP contribution < -0.4 is 5.32 Å². The summed E-state index contributed by atoms with van der Waals surface area (Å²) in [6.07, 6.45) is 1.51. The van der Waals surface area contributed by atoms with Crippen LogP contribution in [0.25, 0.3) is 10.9 Å². The number of fused-ring (bicyclic) bond motifs is 1. The van der Waals surface area contributed by atoms with Crippen LogP contribution in [0.1, 0.15) is 26.3 Å². The van der Waals surface area contributed by atoms with Crippen molar-refractivity contribution in [2.75, 3.05) is 5.32 Å². The van der Waals surface area contributed by atoms with Crippen LogP contribution in [-0.2, 0) is 4.74 Å². The van der Waals surface area contributed by atoms with E-state index in [0.29, 0.717) is 0 Å². The standard InChI is InChI=1S/C14H18N2O2/c1-9-8-15-12-6-5-10(7-11(9)12)16-13(17)18-14(2,3)4/h5-8,15H,1-4H3,(H,16,17). The van der Waals surface area contributed by atoms with Crippen LogP contribution in [0.5, 0.6) is 0 Å². The molecular formula is C14H18N2O2. The molecule has 0 aliphatic rings. The molecule has 0 aliphatic heterocycles. The highest BCUT2D eigenvalue weighted by Gasteiger charge is 2.16. The lowest BCUT2D eigenvalue weighted by molar-refractivity contribution is 0.0636. The second-order valence-electron chi connectivity index (χ2n) is 5.36. The Morgan fingerprint density at radius 2 is 2.06 bits per heavy atom. The van der Waals surface area contributed by atoms with Crippen LogP contribution in [0, 0.1) is 6.92 Å². The minimum absolute atomic E-state index is 0.435. The number of anilines is 1. The first-order chi connectivity index (χ1) is 8.35. The number of aryl methyl sites for hydroxylation is 1. The number of H-pyrrole nitrogens is 1. The number of benzene rings is 1. The van der Waals surface area contributed by atoms with Crippen LogP contribution in [-0.4, -0.2) is 16.7 Å². The maximum atomic E-state index is 11.6. The summed E-state index contributed by atoms with van der Waals surface area (Å²) in [5.41, 5.74) is 2.46. The van der Waals surface area contributed by atoms with Crippen molar-refractivity contribution in [3.8, 4) is 0 Å². The van der Waals surface area contributed by atoms with Crippen LogP contribution >= 0.6 is 0 Å². The first-order valence-corrected chi connectivity index (χ1v) is 5.93. The summed E-state index contributed by atoms with van der Waals surface area (Å²) in [7, 11) is 0. The molecule has 0 unspecified atom stereocenters. The first-order valence-electron chi connectivity index (χ1n) is 5.93. The molecule has 0 aliphatic carbocycles. The molecule has 4 heteroatoms. The summed E-state index contributed by atoms with van der Waals surface area (Å²) in [5, 5.41) is 3.83. The van der Waals surface area contributed by atoms with Gasteiger partial charge < -0.3 is 9.72 Å². The van der Waals surface area contributed by atoms with E-state index >= 15 is 0 Å². The fraction of sp³-hybridized carbons (Fsp3) is 0.357. The predicted octanol–water partition coefficient (Wildman–Crippen LogP) is 3.82. The minimum Gasteiger partial charge on any atom is -0.444 e. The number of carbonyl (C=O) groups excluding carboxylic acids is 1. The number of amides is 1. The van der Waals surface area contributed by atoms with Crippen molar-refractivity contribution in [1.82, 2.24) is 4.98 Å². The van der Waals surface area contributed by atoms with E-state index in [0.717, 1.165) is 22.2 Å². The van der Waals surface area contributed by atoms with E-state index in [2.05, 4.69) is 10.3 Å². The van der Waals surface area contributed by atoms with E-state index in [1.807, 2.05) is 52.1 Å². The van der Waals surface area contributed by atoms with Crippen molar-refractivity contribution in [1.29, 1.82) is 0 Å². The van der Waals surface area contributed by atoms with Gasteiger partial charge in [0.15, 0.2) is 0 Å². The monoisotopic (exact) mass is 246 g/mol. The fourth-order valence-electron chi connectivity index (χ4n) is 1.76. The topological polar surface area (TPSA) is 54.1 Å². The van der Waals surface area contributed by atoms with Crippen LogP contribution in [0.3, 0.4) is 0 Å². The Morgan fingerprint density at radius 1 is 1.33 bits per heavy atom. The van der Waals surface area contributed by atoms with Gasteiger partial charge in [0.1, 0.15) is 5.60 Å². The molecule has 1 amide bonds. The third-order valence-electron chi connectivity index (χ3n) is 2.53. The quantitative estimate of drug-likeness (QED) is 0.803.